The summed E-state index contributed by atoms with van der Waals surface area (Å²) < 4.78 is 0. The maximum atomic E-state index is 11.1. The lowest BCUT2D eigenvalue weighted by atomic mass is 9.98. The molecule has 0 bridgehead atoms. The molecule has 0 amide bonds. The molecule has 0 radical (unpaired) electrons. The van der Waals surface area contributed by atoms with Crippen molar-refractivity contribution in [3.63, 3.8) is 0 Å². The fourth-order valence-electron chi connectivity index (χ4n) is 3.04. The summed E-state index contributed by atoms with van der Waals surface area (Å²) in [5.74, 6) is 0. The van der Waals surface area contributed by atoms with Crippen molar-refractivity contribution in [2.45, 2.75) is 38.1 Å². The number of nitro benzene ring substituents is 1. The number of nitro groups is 1. The molecule has 1 atom stereocenters. The van der Waals surface area contributed by atoms with Gasteiger partial charge in [0.05, 0.1) is 4.92 Å². The third kappa shape index (κ3) is 1.82. The number of benzene rings is 1. The predicted molar refractivity (Wildman–Crippen MR) is 65.1 cm³/mol. The molecule has 3 rings (SSSR count). The van der Waals surface area contributed by atoms with Gasteiger partial charge in [0, 0.05) is 17.7 Å². The van der Waals surface area contributed by atoms with Crippen molar-refractivity contribution in [2.24, 2.45) is 0 Å². The maximum absolute atomic E-state index is 11.1. The second-order valence-electron chi connectivity index (χ2n) is 4.94. The number of hydrogen-bond acceptors (Lipinski definition) is 3. The van der Waals surface area contributed by atoms with Crippen molar-refractivity contribution in [3.05, 3.63) is 38.9 Å². The molecular formula is C13H16N2O2. The summed E-state index contributed by atoms with van der Waals surface area (Å²) in [7, 11) is 0. The minimum Gasteiger partial charge on any atom is -0.310 e. The van der Waals surface area contributed by atoms with E-state index in [0.717, 1.165) is 49.8 Å². The van der Waals surface area contributed by atoms with Crippen LogP contribution < -0.4 is 5.32 Å². The van der Waals surface area contributed by atoms with Crippen molar-refractivity contribution in [1.29, 1.82) is 0 Å². The average molecular weight is 232 g/mol. The van der Waals surface area contributed by atoms with Gasteiger partial charge in [0.25, 0.3) is 5.69 Å². The Balaban J connectivity index is 2.05. The lowest BCUT2D eigenvalue weighted by Gasteiger charge is -2.12. The van der Waals surface area contributed by atoms with Crippen molar-refractivity contribution >= 4 is 5.69 Å². The summed E-state index contributed by atoms with van der Waals surface area (Å²) in [4.78, 5) is 10.9. The molecule has 1 fully saturated rings. The van der Waals surface area contributed by atoms with Gasteiger partial charge in [0.15, 0.2) is 0 Å². The summed E-state index contributed by atoms with van der Waals surface area (Å²) in [6, 6.07) is 4.28. The number of nitrogens with one attached hydrogen (secondary N) is 1. The van der Waals surface area contributed by atoms with Gasteiger partial charge < -0.3 is 5.32 Å². The first-order valence-corrected chi connectivity index (χ1v) is 6.29. The first-order chi connectivity index (χ1) is 8.25. The summed E-state index contributed by atoms with van der Waals surface area (Å²) in [5, 5.41) is 14.5. The van der Waals surface area contributed by atoms with Crippen LogP contribution in [0.2, 0.25) is 0 Å². The molecule has 1 heterocycles. The van der Waals surface area contributed by atoms with E-state index in [1.807, 2.05) is 0 Å². The van der Waals surface area contributed by atoms with Crippen LogP contribution in [0.4, 0.5) is 5.69 Å². The standard InChI is InChI=1S/C13H16N2O2/c16-15(17)13-8-10(12-5-2-6-14-12)7-9-3-1-4-11(9)13/h7-8,12,14H,1-6H2/t12-/m1/s1. The molecule has 0 aromatic heterocycles. The van der Waals surface area contributed by atoms with Gasteiger partial charge in [-0.05, 0) is 49.8 Å². The Morgan fingerprint density at radius 3 is 2.88 bits per heavy atom. The van der Waals surface area contributed by atoms with E-state index >= 15 is 0 Å². The zero-order chi connectivity index (χ0) is 11.8. The van der Waals surface area contributed by atoms with Crippen LogP contribution in [0.1, 0.15) is 42.0 Å². The number of fused-ring (bicyclic) bond motifs is 1. The molecular weight excluding hydrogens is 216 g/mol. The van der Waals surface area contributed by atoms with Gasteiger partial charge >= 0.3 is 0 Å². The number of aryl methyl sites for hydroxylation is 1. The highest BCUT2D eigenvalue weighted by Gasteiger charge is 2.26. The van der Waals surface area contributed by atoms with Crippen LogP contribution in [0, 0.1) is 10.1 Å². The molecule has 90 valence electrons. The minimum absolute atomic E-state index is 0.220. The van der Waals surface area contributed by atoms with E-state index in [4.69, 9.17) is 0 Å². The second-order valence-corrected chi connectivity index (χ2v) is 4.94. The Hall–Kier alpha value is -1.42. The van der Waals surface area contributed by atoms with E-state index in [2.05, 4.69) is 11.4 Å². The van der Waals surface area contributed by atoms with Crippen LogP contribution in [0.25, 0.3) is 0 Å². The van der Waals surface area contributed by atoms with Gasteiger partial charge in [-0.2, -0.15) is 0 Å². The van der Waals surface area contributed by atoms with E-state index in [1.165, 1.54) is 5.56 Å². The molecule has 17 heavy (non-hydrogen) atoms. The fraction of sp³-hybridized carbons (Fsp3) is 0.538. The SMILES string of the molecule is O=[N+]([O-])c1cc([C@H]2CCCN2)cc2c1CCC2. The lowest BCUT2D eigenvalue weighted by Crippen LogP contribution is -2.13. The van der Waals surface area contributed by atoms with E-state index in [9.17, 15) is 10.1 Å². The van der Waals surface area contributed by atoms with E-state index in [1.54, 1.807) is 6.07 Å². The summed E-state index contributed by atoms with van der Waals surface area (Å²) in [6.45, 7) is 1.02. The minimum atomic E-state index is -0.220. The number of hydrogen-bond donors (Lipinski definition) is 1. The molecule has 1 aromatic carbocycles. The molecule has 1 aliphatic carbocycles. The van der Waals surface area contributed by atoms with Gasteiger partial charge in [-0.25, -0.2) is 0 Å². The van der Waals surface area contributed by atoms with Crippen LogP contribution in [0.15, 0.2) is 12.1 Å². The maximum Gasteiger partial charge on any atom is 0.273 e. The molecule has 0 spiro atoms. The Labute approximate surface area is 100 Å². The Bertz CT molecular complexity index is 465. The number of rotatable bonds is 2. The zero-order valence-corrected chi connectivity index (χ0v) is 9.74. The summed E-state index contributed by atoms with van der Waals surface area (Å²) in [5.41, 5.74) is 3.61. The monoisotopic (exact) mass is 232 g/mol. The highest BCUT2D eigenvalue weighted by molar-refractivity contribution is 5.51. The van der Waals surface area contributed by atoms with E-state index < -0.39 is 0 Å². The van der Waals surface area contributed by atoms with Crippen LogP contribution in [-0.2, 0) is 12.8 Å². The zero-order valence-electron chi connectivity index (χ0n) is 9.74. The molecule has 1 saturated heterocycles. The van der Waals surface area contributed by atoms with Gasteiger partial charge in [-0.1, -0.05) is 6.07 Å². The van der Waals surface area contributed by atoms with Crippen molar-refractivity contribution in [3.8, 4) is 0 Å². The van der Waals surface area contributed by atoms with E-state index in [-0.39, 0.29) is 4.92 Å². The third-order valence-corrected chi connectivity index (χ3v) is 3.87. The second kappa shape index (κ2) is 4.11. The smallest absolute Gasteiger partial charge is 0.273 e. The highest BCUT2D eigenvalue weighted by atomic mass is 16.6. The Kier molecular flexibility index (Phi) is 2.59. The average Bonchev–Trinajstić information content (AvgIpc) is 2.98. The topological polar surface area (TPSA) is 55.2 Å². The third-order valence-electron chi connectivity index (χ3n) is 3.87. The van der Waals surface area contributed by atoms with Crippen LogP contribution in [-0.4, -0.2) is 11.5 Å². The first-order valence-electron chi connectivity index (χ1n) is 6.29. The van der Waals surface area contributed by atoms with Gasteiger partial charge in [0.2, 0.25) is 0 Å². The Morgan fingerprint density at radius 2 is 2.18 bits per heavy atom. The predicted octanol–water partition coefficient (Wildman–Crippen LogP) is 2.51. The molecule has 4 heteroatoms. The van der Waals surface area contributed by atoms with Crippen LogP contribution in [0.3, 0.4) is 0 Å². The number of nitrogens with zero attached hydrogens (tertiary/aromatic N) is 1. The largest absolute Gasteiger partial charge is 0.310 e. The van der Waals surface area contributed by atoms with Crippen molar-refractivity contribution in [2.75, 3.05) is 6.54 Å². The molecule has 2 aliphatic rings. The fourth-order valence-corrected chi connectivity index (χ4v) is 3.04. The quantitative estimate of drug-likeness (QED) is 0.629. The molecule has 0 saturated carbocycles. The molecule has 1 N–H and O–H groups in total. The molecule has 4 nitrogen and oxygen atoms in total. The first kappa shape index (κ1) is 10.7. The summed E-state index contributed by atoms with van der Waals surface area (Å²) in [6.07, 6.45) is 5.17. The summed E-state index contributed by atoms with van der Waals surface area (Å²) >= 11 is 0. The van der Waals surface area contributed by atoms with Gasteiger partial charge in [-0.15, -0.1) is 0 Å². The Morgan fingerprint density at radius 1 is 1.29 bits per heavy atom. The van der Waals surface area contributed by atoms with E-state index in [0.29, 0.717) is 11.7 Å². The lowest BCUT2D eigenvalue weighted by molar-refractivity contribution is -0.385. The van der Waals surface area contributed by atoms with Gasteiger partial charge in [-0.3, -0.25) is 10.1 Å². The highest BCUT2D eigenvalue weighted by Crippen LogP contribution is 2.35. The van der Waals surface area contributed by atoms with Gasteiger partial charge in [0.1, 0.15) is 0 Å². The molecule has 0 unspecified atom stereocenters. The normalized spacial score (nSPS) is 22.7. The van der Waals surface area contributed by atoms with Crippen LogP contribution in [0.5, 0.6) is 0 Å². The molecule has 1 aliphatic heterocycles. The van der Waals surface area contributed by atoms with Crippen molar-refractivity contribution < 1.29 is 4.92 Å². The van der Waals surface area contributed by atoms with Crippen LogP contribution >= 0.6 is 0 Å². The molecule has 1 aromatic rings. The van der Waals surface area contributed by atoms with Crippen molar-refractivity contribution in [1.82, 2.24) is 5.32 Å².